The fourth-order valence-electron chi connectivity index (χ4n) is 3.50. The lowest BCUT2D eigenvalue weighted by atomic mass is 9.92. The maximum absolute atomic E-state index is 14.3. The van der Waals surface area contributed by atoms with Gasteiger partial charge in [0.15, 0.2) is 11.6 Å². The average molecular weight is 363 g/mol. The van der Waals surface area contributed by atoms with Crippen molar-refractivity contribution in [2.75, 3.05) is 0 Å². The van der Waals surface area contributed by atoms with Crippen LogP contribution in [-0.2, 0) is 17.8 Å². The van der Waals surface area contributed by atoms with Gasteiger partial charge < -0.3 is 15.0 Å². The Morgan fingerprint density at radius 3 is 2.81 bits per heavy atom. The van der Waals surface area contributed by atoms with Gasteiger partial charge in [-0.3, -0.25) is 4.79 Å². The Hall–Kier alpha value is -2.77. The van der Waals surface area contributed by atoms with E-state index in [9.17, 15) is 18.4 Å². The molecule has 2 N–H and O–H groups in total. The zero-order chi connectivity index (χ0) is 18.8. The molecule has 0 fully saturated rings. The van der Waals surface area contributed by atoms with E-state index in [0.29, 0.717) is 30.9 Å². The van der Waals surface area contributed by atoms with E-state index in [-0.39, 0.29) is 23.7 Å². The molecule has 1 aromatic carbocycles. The van der Waals surface area contributed by atoms with Crippen molar-refractivity contribution in [3.63, 3.8) is 0 Å². The Bertz CT molecular complexity index is 850. The lowest BCUT2D eigenvalue weighted by Crippen LogP contribution is -2.28. The third kappa shape index (κ3) is 3.58. The molecule has 6 nitrogen and oxygen atoms in total. The van der Waals surface area contributed by atoms with Crippen molar-refractivity contribution in [1.29, 1.82) is 0 Å². The Kier molecular flexibility index (Phi) is 5.01. The molecule has 1 aliphatic heterocycles. The summed E-state index contributed by atoms with van der Waals surface area (Å²) < 4.78 is 29.7. The topological polar surface area (TPSA) is 84.2 Å². The van der Waals surface area contributed by atoms with Gasteiger partial charge in [0, 0.05) is 30.8 Å². The van der Waals surface area contributed by atoms with Gasteiger partial charge in [0.05, 0.1) is 6.04 Å². The minimum absolute atomic E-state index is 0.0619. The number of aromatic nitrogens is 2. The van der Waals surface area contributed by atoms with E-state index in [2.05, 4.69) is 10.3 Å². The van der Waals surface area contributed by atoms with Gasteiger partial charge in [0.2, 0.25) is 0 Å². The SMILES string of the molecule is CC(=O)Cc1cnc2n1C[C@H](c1cccc(F)c1F)CC[C@H]2NC(=O)O. The first-order chi connectivity index (χ1) is 12.4. The number of imidazole rings is 1. The predicted octanol–water partition coefficient (Wildman–Crippen LogP) is 3.18. The number of nitrogens with zero attached hydrogens (tertiary/aromatic N) is 2. The number of halogens is 2. The summed E-state index contributed by atoms with van der Waals surface area (Å²) in [7, 11) is 0. The molecule has 0 saturated carbocycles. The highest BCUT2D eigenvalue weighted by Crippen LogP contribution is 2.35. The van der Waals surface area contributed by atoms with E-state index in [4.69, 9.17) is 5.11 Å². The highest BCUT2D eigenvalue weighted by Gasteiger charge is 2.30. The monoisotopic (exact) mass is 363 g/mol. The van der Waals surface area contributed by atoms with Crippen LogP contribution >= 0.6 is 0 Å². The number of hydrogen-bond donors (Lipinski definition) is 2. The van der Waals surface area contributed by atoms with Crippen LogP contribution in [0.1, 0.15) is 48.8 Å². The number of nitrogens with one attached hydrogen (secondary N) is 1. The maximum Gasteiger partial charge on any atom is 0.405 e. The van der Waals surface area contributed by atoms with Crippen molar-refractivity contribution < 1.29 is 23.5 Å². The minimum atomic E-state index is -1.19. The van der Waals surface area contributed by atoms with Crippen molar-refractivity contribution in [2.45, 2.75) is 44.7 Å². The number of hydrogen-bond acceptors (Lipinski definition) is 3. The Balaban J connectivity index is 2.01. The molecule has 1 amide bonds. The van der Waals surface area contributed by atoms with Gasteiger partial charge in [-0.2, -0.15) is 0 Å². The number of Topliss-reactive ketones (excluding diaryl/α,β-unsaturated/α-hetero) is 1. The summed E-state index contributed by atoms with van der Waals surface area (Å²) in [4.78, 5) is 26.9. The fourth-order valence-corrected chi connectivity index (χ4v) is 3.50. The first kappa shape index (κ1) is 18.0. The van der Waals surface area contributed by atoms with Gasteiger partial charge in [0.25, 0.3) is 0 Å². The average Bonchev–Trinajstić information content (AvgIpc) is 2.85. The quantitative estimate of drug-likeness (QED) is 0.874. The summed E-state index contributed by atoms with van der Waals surface area (Å²) in [6.07, 6.45) is 1.34. The van der Waals surface area contributed by atoms with Crippen LogP contribution < -0.4 is 5.32 Å². The molecule has 0 radical (unpaired) electrons. The van der Waals surface area contributed by atoms with Gasteiger partial charge in [-0.25, -0.2) is 18.6 Å². The van der Waals surface area contributed by atoms with Crippen molar-refractivity contribution in [3.8, 4) is 0 Å². The zero-order valence-electron chi connectivity index (χ0n) is 14.2. The molecule has 0 unspecified atom stereocenters. The van der Waals surface area contributed by atoms with Crippen molar-refractivity contribution in [1.82, 2.24) is 14.9 Å². The number of carbonyl (C=O) groups is 2. The number of fused-ring (bicyclic) bond motifs is 1. The summed E-state index contributed by atoms with van der Waals surface area (Å²) in [5, 5.41) is 11.5. The number of carboxylic acid groups (broad SMARTS) is 1. The van der Waals surface area contributed by atoms with Crippen LogP contribution in [0.25, 0.3) is 0 Å². The van der Waals surface area contributed by atoms with Gasteiger partial charge in [0.1, 0.15) is 11.6 Å². The van der Waals surface area contributed by atoms with Gasteiger partial charge >= 0.3 is 6.09 Å². The molecule has 3 rings (SSSR count). The largest absolute Gasteiger partial charge is 0.465 e. The zero-order valence-corrected chi connectivity index (χ0v) is 14.2. The highest BCUT2D eigenvalue weighted by atomic mass is 19.2. The van der Waals surface area contributed by atoms with Crippen LogP contribution in [0, 0.1) is 11.6 Å². The second-order valence-corrected chi connectivity index (χ2v) is 6.52. The maximum atomic E-state index is 14.3. The van der Waals surface area contributed by atoms with E-state index >= 15 is 0 Å². The molecule has 2 heterocycles. The Labute approximate surface area is 148 Å². The third-order valence-corrected chi connectivity index (χ3v) is 4.64. The Morgan fingerprint density at radius 2 is 2.12 bits per heavy atom. The normalized spacial score (nSPS) is 19.5. The molecule has 0 saturated heterocycles. The van der Waals surface area contributed by atoms with Crippen LogP contribution in [0.15, 0.2) is 24.4 Å². The van der Waals surface area contributed by atoms with E-state index < -0.39 is 23.8 Å². The van der Waals surface area contributed by atoms with E-state index in [1.165, 1.54) is 25.3 Å². The van der Waals surface area contributed by atoms with Gasteiger partial charge in [-0.05, 0) is 31.4 Å². The van der Waals surface area contributed by atoms with Crippen LogP contribution in [-0.4, -0.2) is 26.5 Å². The molecule has 1 aromatic heterocycles. The molecule has 2 aromatic rings. The molecule has 0 aliphatic carbocycles. The summed E-state index contributed by atoms with van der Waals surface area (Å²) in [5.41, 5.74) is 0.878. The van der Waals surface area contributed by atoms with Crippen LogP contribution in [0.4, 0.5) is 13.6 Å². The molecule has 1 aliphatic rings. The van der Waals surface area contributed by atoms with Crippen LogP contribution in [0.2, 0.25) is 0 Å². The summed E-state index contributed by atoms with van der Waals surface area (Å²) in [6, 6.07) is 3.48. The molecule has 8 heteroatoms. The number of ketones is 1. The van der Waals surface area contributed by atoms with Crippen molar-refractivity contribution in [3.05, 3.63) is 53.1 Å². The first-order valence-electron chi connectivity index (χ1n) is 8.34. The van der Waals surface area contributed by atoms with Gasteiger partial charge in [-0.1, -0.05) is 12.1 Å². The number of amides is 1. The van der Waals surface area contributed by atoms with Crippen molar-refractivity contribution in [2.24, 2.45) is 0 Å². The number of rotatable bonds is 4. The predicted molar refractivity (Wildman–Crippen MR) is 88.8 cm³/mol. The lowest BCUT2D eigenvalue weighted by molar-refractivity contribution is -0.116. The van der Waals surface area contributed by atoms with E-state index in [1.54, 1.807) is 4.57 Å². The second-order valence-electron chi connectivity index (χ2n) is 6.52. The number of benzene rings is 1. The van der Waals surface area contributed by atoms with Gasteiger partial charge in [-0.15, -0.1) is 0 Å². The molecular weight excluding hydrogens is 344 g/mol. The second kappa shape index (κ2) is 7.23. The molecule has 0 spiro atoms. The van der Waals surface area contributed by atoms with E-state index in [0.717, 1.165) is 6.07 Å². The molecule has 26 heavy (non-hydrogen) atoms. The fraction of sp³-hybridized carbons (Fsp3) is 0.389. The number of carbonyl (C=O) groups excluding carboxylic acids is 1. The third-order valence-electron chi connectivity index (χ3n) is 4.64. The minimum Gasteiger partial charge on any atom is -0.465 e. The first-order valence-corrected chi connectivity index (χ1v) is 8.34. The smallest absolute Gasteiger partial charge is 0.405 e. The Morgan fingerprint density at radius 1 is 1.35 bits per heavy atom. The highest BCUT2D eigenvalue weighted by molar-refractivity contribution is 5.77. The van der Waals surface area contributed by atoms with E-state index in [1.807, 2.05) is 0 Å². The molecule has 138 valence electrons. The summed E-state index contributed by atoms with van der Waals surface area (Å²) in [6.45, 7) is 1.75. The lowest BCUT2D eigenvalue weighted by Gasteiger charge is -2.18. The summed E-state index contributed by atoms with van der Waals surface area (Å²) in [5.74, 6) is -1.74. The molecular formula is C18H19F2N3O3. The summed E-state index contributed by atoms with van der Waals surface area (Å²) >= 11 is 0. The molecule has 2 atom stereocenters. The molecule has 0 bridgehead atoms. The van der Waals surface area contributed by atoms with Crippen LogP contribution in [0.5, 0.6) is 0 Å². The van der Waals surface area contributed by atoms with Crippen LogP contribution in [0.3, 0.4) is 0 Å². The standard InChI is InChI=1S/C18H19F2N3O3/c1-10(24)7-12-8-21-17-15(22-18(25)26)6-5-11(9-23(12)17)13-3-2-4-14(19)16(13)20/h2-4,8,11,15,22H,5-7,9H2,1H3,(H,25,26)/t11-,15-/m1/s1. The van der Waals surface area contributed by atoms with Crippen molar-refractivity contribution >= 4 is 11.9 Å².